The van der Waals surface area contributed by atoms with E-state index in [1.54, 1.807) is 7.11 Å². The van der Waals surface area contributed by atoms with Crippen molar-refractivity contribution in [2.45, 2.75) is 77.7 Å². The predicted molar refractivity (Wildman–Crippen MR) is 93.5 cm³/mol. The first kappa shape index (κ1) is 17.0. The van der Waals surface area contributed by atoms with Crippen molar-refractivity contribution in [3.63, 3.8) is 0 Å². The normalized spacial score (nSPS) is 51.0. The summed E-state index contributed by atoms with van der Waals surface area (Å²) >= 11 is 0. The Morgan fingerprint density at radius 1 is 1.12 bits per heavy atom. The number of hydrogen-bond acceptors (Lipinski definition) is 3. The van der Waals surface area contributed by atoms with Gasteiger partial charge in [-0.05, 0) is 80.5 Å². The summed E-state index contributed by atoms with van der Waals surface area (Å²) in [5.41, 5.74) is 0.460. The molecule has 136 valence electrons. The molecule has 0 radical (unpaired) electrons. The highest BCUT2D eigenvalue weighted by molar-refractivity contribution is 5.87. The zero-order chi connectivity index (χ0) is 16.9. The Labute approximate surface area is 146 Å². The zero-order valence-electron chi connectivity index (χ0n) is 15.7. The van der Waals surface area contributed by atoms with Crippen LogP contribution in [0.5, 0.6) is 0 Å². The van der Waals surface area contributed by atoms with Gasteiger partial charge >= 0.3 is 0 Å². The van der Waals surface area contributed by atoms with Crippen LogP contribution in [-0.4, -0.2) is 25.8 Å². The highest BCUT2D eigenvalue weighted by atomic mass is 16.7. The number of methoxy groups -OCH3 is 1. The lowest BCUT2D eigenvalue weighted by atomic mass is 9.48. The summed E-state index contributed by atoms with van der Waals surface area (Å²) in [6.45, 7) is 5.23. The molecule has 0 amide bonds. The lowest BCUT2D eigenvalue weighted by Crippen LogP contribution is -2.51. The van der Waals surface area contributed by atoms with E-state index in [1.807, 2.05) is 0 Å². The van der Waals surface area contributed by atoms with Crippen LogP contribution in [0.4, 0.5) is 0 Å². The van der Waals surface area contributed by atoms with E-state index in [4.69, 9.17) is 9.47 Å². The SMILES string of the molecule is COCO[C@@H]1CC[C@@H]2CC3[C@@H](CC[C@@]4(C)C(=O)CC[C@H]34)C[C@@]2(C)C1. The second-order valence-electron chi connectivity index (χ2n) is 9.72. The summed E-state index contributed by atoms with van der Waals surface area (Å²) in [5, 5.41) is 0. The number of rotatable bonds is 3. The van der Waals surface area contributed by atoms with E-state index >= 15 is 0 Å². The van der Waals surface area contributed by atoms with Crippen molar-refractivity contribution in [2.24, 2.45) is 34.5 Å². The van der Waals surface area contributed by atoms with Gasteiger partial charge in [-0.3, -0.25) is 4.79 Å². The smallest absolute Gasteiger partial charge is 0.146 e. The quantitative estimate of drug-likeness (QED) is 0.708. The molecule has 4 aliphatic carbocycles. The lowest BCUT2D eigenvalue weighted by molar-refractivity contribution is -0.143. The molecule has 0 spiro atoms. The molecule has 3 heteroatoms. The van der Waals surface area contributed by atoms with Crippen molar-refractivity contribution in [3.05, 3.63) is 0 Å². The molecular weight excluding hydrogens is 300 g/mol. The molecule has 4 aliphatic rings. The Kier molecular flexibility index (Phi) is 4.32. The maximum atomic E-state index is 12.5. The van der Waals surface area contributed by atoms with Crippen LogP contribution in [0.3, 0.4) is 0 Å². The Bertz CT molecular complexity index is 503. The fourth-order valence-electron chi connectivity index (χ4n) is 7.16. The van der Waals surface area contributed by atoms with Gasteiger partial charge in [0.1, 0.15) is 12.6 Å². The minimum absolute atomic E-state index is 0.0215. The van der Waals surface area contributed by atoms with Gasteiger partial charge in [-0.15, -0.1) is 0 Å². The van der Waals surface area contributed by atoms with Crippen LogP contribution in [0.1, 0.15) is 71.6 Å². The zero-order valence-corrected chi connectivity index (χ0v) is 15.7. The van der Waals surface area contributed by atoms with Crippen molar-refractivity contribution in [1.82, 2.24) is 0 Å². The molecule has 1 unspecified atom stereocenters. The molecule has 0 aromatic carbocycles. The number of fused-ring (bicyclic) bond motifs is 4. The Morgan fingerprint density at radius 3 is 2.75 bits per heavy atom. The third-order valence-corrected chi connectivity index (χ3v) is 8.52. The standard InChI is InChI=1S/C21H34O3/c1-20-11-14-8-9-21(2)18(6-7-19(21)22)17(14)10-15(20)4-5-16(12-20)24-13-23-3/h14-18H,4-13H2,1-3H3/t14-,15+,16+,17?,18+,20-,21+/m0/s1. The van der Waals surface area contributed by atoms with E-state index in [0.29, 0.717) is 30.0 Å². The number of ether oxygens (including phenoxy) is 2. The lowest BCUT2D eigenvalue weighted by Gasteiger charge is -2.57. The second kappa shape index (κ2) is 6.09. The molecule has 0 N–H and O–H groups in total. The molecule has 0 heterocycles. The van der Waals surface area contributed by atoms with Gasteiger partial charge in [0.15, 0.2) is 0 Å². The largest absolute Gasteiger partial charge is 0.359 e. The van der Waals surface area contributed by atoms with E-state index < -0.39 is 0 Å². The van der Waals surface area contributed by atoms with E-state index in [2.05, 4.69) is 13.8 Å². The van der Waals surface area contributed by atoms with Gasteiger partial charge in [0.2, 0.25) is 0 Å². The maximum Gasteiger partial charge on any atom is 0.146 e. The molecule has 0 saturated heterocycles. The van der Waals surface area contributed by atoms with Gasteiger partial charge < -0.3 is 9.47 Å². The van der Waals surface area contributed by atoms with Gasteiger partial charge in [-0.2, -0.15) is 0 Å². The van der Waals surface area contributed by atoms with Gasteiger partial charge in [-0.25, -0.2) is 0 Å². The van der Waals surface area contributed by atoms with Crippen molar-refractivity contribution in [3.8, 4) is 0 Å². The number of carbonyl (C=O) groups is 1. The van der Waals surface area contributed by atoms with Crippen molar-refractivity contribution >= 4 is 5.78 Å². The van der Waals surface area contributed by atoms with E-state index in [1.165, 1.54) is 44.9 Å². The number of hydrogen-bond donors (Lipinski definition) is 0. The molecule has 0 bridgehead atoms. The molecule has 4 saturated carbocycles. The minimum Gasteiger partial charge on any atom is -0.359 e. The van der Waals surface area contributed by atoms with Crippen LogP contribution in [0.25, 0.3) is 0 Å². The van der Waals surface area contributed by atoms with E-state index in [9.17, 15) is 4.79 Å². The number of ketones is 1. The summed E-state index contributed by atoms with van der Waals surface area (Å²) in [6, 6.07) is 0. The third kappa shape index (κ3) is 2.58. The molecular formula is C21H34O3. The second-order valence-corrected chi connectivity index (χ2v) is 9.72. The predicted octanol–water partition coefficient (Wildman–Crippen LogP) is 4.59. The summed E-state index contributed by atoms with van der Waals surface area (Å²) in [7, 11) is 1.71. The van der Waals surface area contributed by atoms with Gasteiger partial charge in [-0.1, -0.05) is 13.8 Å². The fourth-order valence-corrected chi connectivity index (χ4v) is 7.16. The van der Waals surface area contributed by atoms with Crippen LogP contribution in [0.2, 0.25) is 0 Å². The number of carbonyl (C=O) groups excluding carboxylic acids is 1. The van der Waals surface area contributed by atoms with E-state index in [-0.39, 0.29) is 5.41 Å². The fraction of sp³-hybridized carbons (Fsp3) is 0.952. The highest BCUT2D eigenvalue weighted by Gasteiger charge is 2.58. The molecule has 7 atom stereocenters. The van der Waals surface area contributed by atoms with Crippen LogP contribution >= 0.6 is 0 Å². The average molecular weight is 335 g/mol. The van der Waals surface area contributed by atoms with Crippen molar-refractivity contribution in [2.75, 3.05) is 13.9 Å². The highest BCUT2D eigenvalue weighted by Crippen LogP contribution is 2.63. The summed E-state index contributed by atoms with van der Waals surface area (Å²) in [5.74, 6) is 3.73. The Morgan fingerprint density at radius 2 is 1.96 bits per heavy atom. The van der Waals surface area contributed by atoms with E-state index in [0.717, 1.165) is 30.6 Å². The molecule has 0 aromatic rings. The molecule has 4 fully saturated rings. The van der Waals surface area contributed by atoms with Crippen LogP contribution in [0, 0.1) is 34.5 Å². The first-order chi connectivity index (χ1) is 11.5. The third-order valence-electron chi connectivity index (χ3n) is 8.52. The van der Waals surface area contributed by atoms with Gasteiger partial charge in [0.05, 0.1) is 6.10 Å². The Hall–Kier alpha value is -0.410. The molecule has 4 rings (SSSR count). The maximum absolute atomic E-state index is 12.5. The van der Waals surface area contributed by atoms with Crippen LogP contribution in [-0.2, 0) is 14.3 Å². The van der Waals surface area contributed by atoms with Gasteiger partial charge in [0, 0.05) is 18.9 Å². The topological polar surface area (TPSA) is 35.5 Å². The van der Waals surface area contributed by atoms with Gasteiger partial charge in [0.25, 0.3) is 0 Å². The first-order valence-corrected chi connectivity index (χ1v) is 10.1. The summed E-state index contributed by atoms with van der Waals surface area (Å²) in [6.07, 6.45) is 11.2. The number of Topliss-reactive ketones (excluding diaryl/α,β-unsaturated/α-hetero) is 1. The summed E-state index contributed by atoms with van der Waals surface area (Å²) in [4.78, 5) is 12.5. The Balaban J connectivity index is 1.49. The molecule has 24 heavy (non-hydrogen) atoms. The summed E-state index contributed by atoms with van der Waals surface area (Å²) < 4.78 is 11.0. The molecule has 0 aliphatic heterocycles. The monoisotopic (exact) mass is 334 g/mol. The van der Waals surface area contributed by atoms with Crippen molar-refractivity contribution in [1.29, 1.82) is 0 Å². The van der Waals surface area contributed by atoms with Crippen molar-refractivity contribution < 1.29 is 14.3 Å². The molecule has 0 aromatic heterocycles. The minimum atomic E-state index is 0.0215. The molecule has 3 nitrogen and oxygen atoms in total. The van der Waals surface area contributed by atoms with Crippen LogP contribution < -0.4 is 0 Å². The van der Waals surface area contributed by atoms with Crippen LogP contribution in [0.15, 0.2) is 0 Å². The average Bonchev–Trinajstić information content (AvgIpc) is 2.86. The first-order valence-electron chi connectivity index (χ1n) is 10.1.